The van der Waals surface area contributed by atoms with E-state index in [9.17, 15) is 5.11 Å². The lowest BCUT2D eigenvalue weighted by Gasteiger charge is -2.40. The van der Waals surface area contributed by atoms with Crippen molar-refractivity contribution in [2.24, 2.45) is 0 Å². The average molecular weight is 213 g/mol. The van der Waals surface area contributed by atoms with Gasteiger partial charge in [0.15, 0.2) is 0 Å². The molecule has 1 aromatic heterocycles. The molecule has 1 saturated heterocycles. The number of nitrogens with zero attached hydrogens (tertiary/aromatic N) is 1. The lowest BCUT2D eigenvalue weighted by atomic mass is 9.82. The van der Waals surface area contributed by atoms with Crippen LogP contribution in [0.15, 0.2) is 11.4 Å². The number of ether oxygens (including phenoxy) is 1. The number of hydrogen-bond acceptors (Lipinski definition) is 4. The molecule has 1 N–H and O–H groups in total. The van der Waals surface area contributed by atoms with Crippen LogP contribution in [0.2, 0.25) is 0 Å². The first-order valence-corrected chi connectivity index (χ1v) is 5.63. The van der Waals surface area contributed by atoms with Gasteiger partial charge in [0.25, 0.3) is 0 Å². The fourth-order valence-corrected chi connectivity index (χ4v) is 2.61. The third-order valence-electron chi connectivity index (χ3n) is 2.64. The van der Waals surface area contributed by atoms with Gasteiger partial charge in [-0.15, -0.1) is 0 Å². The van der Waals surface area contributed by atoms with Gasteiger partial charge in [0.2, 0.25) is 0 Å². The highest BCUT2D eigenvalue weighted by Crippen LogP contribution is 2.38. The summed E-state index contributed by atoms with van der Waals surface area (Å²) in [4.78, 5) is 0. The first-order valence-electron chi connectivity index (χ1n) is 4.79. The molecule has 2 rings (SSSR count). The molecule has 1 unspecified atom stereocenters. The van der Waals surface area contributed by atoms with Crippen LogP contribution in [0.3, 0.4) is 0 Å². The lowest BCUT2D eigenvalue weighted by Crippen LogP contribution is -2.44. The molecule has 1 aliphatic rings. The summed E-state index contributed by atoms with van der Waals surface area (Å²) in [7, 11) is 0. The van der Waals surface area contributed by atoms with Gasteiger partial charge in [0, 0.05) is 18.2 Å². The van der Waals surface area contributed by atoms with Gasteiger partial charge in [0.1, 0.15) is 5.60 Å². The maximum atomic E-state index is 10.4. The van der Waals surface area contributed by atoms with Crippen LogP contribution in [-0.4, -0.2) is 21.7 Å². The molecular formula is C10H15NO2S. The van der Waals surface area contributed by atoms with E-state index < -0.39 is 5.60 Å². The molecule has 1 aliphatic heterocycles. The maximum Gasteiger partial charge on any atom is 0.112 e. The van der Waals surface area contributed by atoms with Gasteiger partial charge in [-0.05, 0) is 31.4 Å². The monoisotopic (exact) mass is 213 g/mol. The Morgan fingerprint density at radius 3 is 2.93 bits per heavy atom. The second kappa shape index (κ2) is 3.29. The first-order chi connectivity index (χ1) is 6.52. The number of rotatable bonds is 1. The number of aromatic nitrogens is 1. The quantitative estimate of drug-likeness (QED) is 0.775. The smallest absolute Gasteiger partial charge is 0.112 e. The van der Waals surface area contributed by atoms with Gasteiger partial charge in [0.05, 0.1) is 17.9 Å². The Hall–Kier alpha value is -0.450. The summed E-state index contributed by atoms with van der Waals surface area (Å²) < 4.78 is 9.79. The van der Waals surface area contributed by atoms with Crippen LogP contribution in [0, 0.1) is 0 Å². The van der Waals surface area contributed by atoms with E-state index in [1.54, 1.807) is 0 Å². The summed E-state index contributed by atoms with van der Waals surface area (Å²) >= 11 is 1.38. The van der Waals surface area contributed by atoms with Crippen molar-refractivity contribution in [3.05, 3.63) is 17.1 Å². The van der Waals surface area contributed by atoms with Crippen LogP contribution in [0.5, 0.6) is 0 Å². The van der Waals surface area contributed by atoms with E-state index in [2.05, 4.69) is 4.37 Å². The van der Waals surface area contributed by atoms with Crippen molar-refractivity contribution < 1.29 is 9.84 Å². The third kappa shape index (κ3) is 1.82. The highest BCUT2D eigenvalue weighted by molar-refractivity contribution is 7.03. The zero-order valence-corrected chi connectivity index (χ0v) is 9.30. The van der Waals surface area contributed by atoms with Crippen LogP contribution in [0.1, 0.15) is 32.4 Å². The van der Waals surface area contributed by atoms with Crippen molar-refractivity contribution in [1.82, 2.24) is 4.37 Å². The highest BCUT2D eigenvalue weighted by atomic mass is 32.1. The third-order valence-corrected chi connectivity index (χ3v) is 3.20. The summed E-state index contributed by atoms with van der Waals surface area (Å²) in [6.45, 7) is 4.61. The summed E-state index contributed by atoms with van der Waals surface area (Å²) in [6, 6.07) is 1.89. The van der Waals surface area contributed by atoms with Crippen molar-refractivity contribution >= 4 is 11.5 Å². The van der Waals surface area contributed by atoms with E-state index in [4.69, 9.17) is 4.74 Å². The molecule has 1 fully saturated rings. The fraction of sp³-hybridized carbons (Fsp3) is 0.700. The van der Waals surface area contributed by atoms with Gasteiger partial charge in [-0.3, -0.25) is 0 Å². The van der Waals surface area contributed by atoms with Crippen LogP contribution >= 0.6 is 11.5 Å². The Bertz CT molecular complexity index is 310. The van der Waals surface area contributed by atoms with Crippen molar-refractivity contribution in [2.45, 2.75) is 37.9 Å². The SMILES string of the molecule is CC1(C)CC(O)(c2ccsn2)CCO1. The van der Waals surface area contributed by atoms with Crippen LogP contribution in [0.4, 0.5) is 0 Å². The Balaban J connectivity index is 2.24. The topological polar surface area (TPSA) is 42.4 Å². The van der Waals surface area contributed by atoms with E-state index in [0.29, 0.717) is 19.4 Å². The summed E-state index contributed by atoms with van der Waals surface area (Å²) in [5, 5.41) is 12.3. The summed E-state index contributed by atoms with van der Waals surface area (Å²) in [5.41, 5.74) is -0.253. The van der Waals surface area contributed by atoms with Gasteiger partial charge < -0.3 is 9.84 Å². The van der Waals surface area contributed by atoms with Gasteiger partial charge in [-0.1, -0.05) is 0 Å². The van der Waals surface area contributed by atoms with E-state index in [0.717, 1.165) is 5.69 Å². The molecule has 0 saturated carbocycles. The lowest BCUT2D eigenvalue weighted by molar-refractivity contribution is -0.149. The molecule has 4 heteroatoms. The summed E-state index contributed by atoms with van der Waals surface area (Å²) in [6.07, 6.45) is 1.25. The van der Waals surface area contributed by atoms with Gasteiger partial charge in [-0.25, -0.2) is 0 Å². The molecule has 1 aromatic rings. The Morgan fingerprint density at radius 2 is 2.36 bits per heavy atom. The molecule has 1 atom stereocenters. The van der Waals surface area contributed by atoms with Crippen molar-refractivity contribution in [1.29, 1.82) is 0 Å². The molecule has 0 amide bonds. The molecule has 0 radical (unpaired) electrons. The second-order valence-corrected chi connectivity index (χ2v) is 5.12. The minimum absolute atomic E-state index is 0.253. The van der Waals surface area contributed by atoms with Crippen molar-refractivity contribution in [3.63, 3.8) is 0 Å². The molecule has 0 bridgehead atoms. The van der Waals surface area contributed by atoms with E-state index >= 15 is 0 Å². The highest BCUT2D eigenvalue weighted by Gasteiger charge is 2.41. The van der Waals surface area contributed by atoms with E-state index in [-0.39, 0.29) is 5.60 Å². The standard InChI is InChI=1S/C10H15NO2S/c1-9(2)7-10(12,4-5-13-9)8-3-6-14-11-8/h3,6,12H,4-5,7H2,1-2H3. The molecule has 0 aliphatic carbocycles. The Labute approximate surface area is 87.9 Å². The zero-order chi connectivity index (χ0) is 10.2. The largest absolute Gasteiger partial charge is 0.383 e. The predicted molar refractivity (Wildman–Crippen MR) is 55.3 cm³/mol. The molecule has 2 heterocycles. The van der Waals surface area contributed by atoms with Crippen LogP contribution in [-0.2, 0) is 10.3 Å². The summed E-state index contributed by atoms with van der Waals surface area (Å²) in [5.74, 6) is 0. The van der Waals surface area contributed by atoms with Gasteiger partial charge in [-0.2, -0.15) is 4.37 Å². The molecule has 0 aromatic carbocycles. The van der Waals surface area contributed by atoms with Gasteiger partial charge >= 0.3 is 0 Å². The zero-order valence-electron chi connectivity index (χ0n) is 8.49. The Morgan fingerprint density at radius 1 is 1.57 bits per heavy atom. The molecule has 3 nitrogen and oxygen atoms in total. The van der Waals surface area contributed by atoms with Crippen molar-refractivity contribution in [3.8, 4) is 0 Å². The molecule has 14 heavy (non-hydrogen) atoms. The maximum absolute atomic E-state index is 10.4. The second-order valence-electron chi connectivity index (χ2n) is 4.45. The number of aliphatic hydroxyl groups is 1. The van der Waals surface area contributed by atoms with Crippen LogP contribution in [0.25, 0.3) is 0 Å². The first kappa shape index (κ1) is 10.1. The fourth-order valence-electron chi connectivity index (χ4n) is 2.01. The van der Waals surface area contributed by atoms with Crippen molar-refractivity contribution in [2.75, 3.05) is 6.61 Å². The molecule has 78 valence electrons. The molecule has 0 spiro atoms. The van der Waals surface area contributed by atoms with E-state index in [1.165, 1.54) is 11.5 Å². The normalized spacial score (nSPS) is 31.6. The minimum atomic E-state index is -0.790. The van der Waals surface area contributed by atoms with E-state index in [1.807, 2.05) is 25.3 Å². The average Bonchev–Trinajstić information content (AvgIpc) is 2.52. The number of hydrogen-bond donors (Lipinski definition) is 1. The van der Waals surface area contributed by atoms with Crippen LogP contribution < -0.4 is 0 Å². The molecular weight excluding hydrogens is 198 g/mol. The minimum Gasteiger partial charge on any atom is -0.383 e. The predicted octanol–water partition coefficient (Wildman–Crippen LogP) is 1.92. The Kier molecular flexibility index (Phi) is 2.37.